The third-order valence-corrected chi connectivity index (χ3v) is 9.85. The zero-order valence-electron chi connectivity index (χ0n) is 29.7. The molecule has 2 amide bonds. The molecule has 0 saturated carbocycles. The van der Waals surface area contributed by atoms with Crippen molar-refractivity contribution in [2.45, 2.75) is 94.7 Å². The summed E-state index contributed by atoms with van der Waals surface area (Å²) in [5.41, 5.74) is -1.97. The van der Waals surface area contributed by atoms with Crippen LogP contribution in [0.4, 0.5) is 10.5 Å². The van der Waals surface area contributed by atoms with E-state index in [0.29, 0.717) is 30.2 Å². The van der Waals surface area contributed by atoms with E-state index in [1.54, 1.807) is 52.1 Å². The summed E-state index contributed by atoms with van der Waals surface area (Å²) in [5.74, 6) is -0.166. The second kappa shape index (κ2) is 16.7. The molecule has 0 aliphatic carbocycles. The summed E-state index contributed by atoms with van der Waals surface area (Å²) in [5, 5.41) is 14.4. The highest BCUT2D eigenvalue weighted by molar-refractivity contribution is 7.80. The van der Waals surface area contributed by atoms with Crippen molar-refractivity contribution in [1.82, 2.24) is 5.32 Å². The SMILES string of the molecule is COc1cc2cc(c1Cl)N(C)C(=O)C[C@H](OC(=O)[C@H](C)OCCOCCS)[C@@]1(C)CC(C)(O1)[C@@H]1C[C@@](O)(NC(=O)O1)[C@H](OC)/C=C/C=C(\C)C2. The fraction of sp³-hybridized carbons (Fsp3) is 0.629. The van der Waals surface area contributed by atoms with Crippen molar-refractivity contribution >= 4 is 47.9 Å². The van der Waals surface area contributed by atoms with Gasteiger partial charge in [-0.25, -0.2) is 9.59 Å². The number of anilines is 1. The standard InChI is InChI=1S/C35H49ClN2O11S/c1-21-9-8-10-26(44-7)35(42)19-28(48-32(41)37-35)34(4)20-33(3,49-34)27(47-31(40)22(2)46-12-11-45-13-14-50)18-29(39)38(5)24-16-23(15-21)17-25(43-6)30(24)36/h8-10,16-17,22,26-28,42,50H,11-15,18-20H2,1-7H3,(H,37,41)/b10-8+,21-9+/t22-,26+,27-,28-,33+,34?,35-/m0/s1. The van der Waals surface area contributed by atoms with E-state index in [2.05, 4.69) is 17.9 Å². The van der Waals surface area contributed by atoms with Crippen LogP contribution >= 0.6 is 24.2 Å². The summed E-state index contributed by atoms with van der Waals surface area (Å²) < 4.78 is 40.3. The Labute approximate surface area is 303 Å². The quantitative estimate of drug-likeness (QED) is 0.180. The number of hydrogen-bond donors (Lipinski definition) is 3. The predicted octanol–water partition coefficient (Wildman–Crippen LogP) is 4.16. The number of amides is 2. The van der Waals surface area contributed by atoms with Crippen LogP contribution in [0.3, 0.4) is 0 Å². The molecule has 0 spiro atoms. The van der Waals surface area contributed by atoms with E-state index in [0.717, 1.165) is 11.1 Å². The van der Waals surface area contributed by atoms with Gasteiger partial charge in [-0.15, -0.1) is 0 Å². The molecule has 4 aliphatic rings. The molecule has 2 N–H and O–H groups in total. The zero-order chi connectivity index (χ0) is 36.9. The molecular formula is C35H49ClN2O11S. The van der Waals surface area contributed by atoms with Crippen LogP contribution in [0.15, 0.2) is 35.9 Å². The van der Waals surface area contributed by atoms with Gasteiger partial charge in [-0.3, -0.25) is 10.1 Å². The Bertz CT molecular complexity index is 1470. The molecule has 15 heteroatoms. The number of esters is 1. The van der Waals surface area contributed by atoms with Crippen LogP contribution < -0.4 is 15.0 Å². The molecule has 13 nitrogen and oxygen atoms in total. The maximum Gasteiger partial charge on any atom is 0.409 e. The molecule has 4 heterocycles. The van der Waals surface area contributed by atoms with Crippen molar-refractivity contribution in [3.63, 3.8) is 0 Å². The minimum absolute atomic E-state index is 0.0761. The smallest absolute Gasteiger partial charge is 0.409 e. The maximum atomic E-state index is 14.0. The molecule has 1 unspecified atom stereocenters. The number of benzene rings is 1. The van der Waals surface area contributed by atoms with Crippen molar-refractivity contribution in [2.75, 3.05) is 51.7 Å². The minimum Gasteiger partial charge on any atom is -0.495 e. The molecule has 1 aromatic rings. The highest BCUT2D eigenvalue weighted by Crippen LogP contribution is 2.50. The summed E-state index contributed by atoms with van der Waals surface area (Å²) in [6.07, 6.45) is 0.821. The highest BCUT2D eigenvalue weighted by atomic mass is 35.5. The van der Waals surface area contributed by atoms with Crippen molar-refractivity contribution in [3.8, 4) is 5.75 Å². The summed E-state index contributed by atoms with van der Waals surface area (Å²) >= 11 is 10.8. The molecule has 1 aromatic carbocycles. The van der Waals surface area contributed by atoms with Gasteiger partial charge >= 0.3 is 12.1 Å². The Hall–Kier alpha value is -2.85. The number of nitrogens with zero attached hydrogens (tertiary/aromatic N) is 1. The first kappa shape index (κ1) is 39.9. The third kappa shape index (κ3) is 9.14. The lowest BCUT2D eigenvalue weighted by Gasteiger charge is -2.59. The van der Waals surface area contributed by atoms with Gasteiger partial charge in [-0.1, -0.05) is 35.4 Å². The van der Waals surface area contributed by atoms with Gasteiger partial charge in [0, 0.05) is 32.8 Å². The van der Waals surface area contributed by atoms with Crippen molar-refractivity contribution in [1.29, 1.82) is 0 Å². The van der Waals surface area contributed by atoms with Crippen LogP contribution in [0.25, 0.3) is 0 Å². The molecule has 0 aromatic heterocycles. The number of carbonyl (C=O) groups is 3. The van der Waals surface area contributed by atoms with Gasteiger partial charge in [0.2, 0.25) is 5.91 Å². The number of allylic oxidation sites excluding steroid dienone is 3. The number of methoxy groups -OCH3 is 2. The van der Waals surface area contributed by atoms with Crippen LogP contribution in [0, 0.1) is 0 Å². The van der Waals surface area contributed by atoms with Crippen LogP contribution in [0.5, 0.6) is 5.75 Å². The van der Waals surface area contributed by atoms with E-state index in [-0.39, 0.29) is 37.5 Å². The zero-order valence-corrected chi connectivity index (χ0v) is 31.3. The predicted molar refractivity (Wildman–Crippen MR) is 189 cm³/mol. The first-order valence-corrected chi connectivity index (χ1v) is 17.5. The van der Waals surface area contributed by atoms with Gasteiger partial charge < -0.3 is 43.2 Å². The molecule has 2 saturated heterocycles. The highest BCUT2D eigenvalue weighted by Gasteiger charge is 2.63. The molecule has 7 atom stereocenters. The lowest BCUT2D eigenvalue weighted by molar-refractivity contribution is -0.328. The van der Waals surface area contributed by atoms with Gasteiger partial charge in [0.1, 0.15) is 40.3 Å². The van der Waals surface area contributed by atoms with Crippen LogP contribution in [-0.2, 0) is 44.4 Å². The second-order valence-electron chi connectivity index (χ2n) is 13.3. The fourth-order valence-electron chi connectivity index (χ4n) is 6.65. The van der Waals surface area contributed by atoms with Crippen LogP contribution in [0.2, 0.25) is 5.02 Å². The number of hydrogen-bond acceptors (Lipinski definition) is 12. The Kier molecular flexibility index (Phi) is 13.3. The van der Waals surface area contributed by atoms with E-state index >= 15 is 0 Å². The molecule has 50 heavy (non-hydrogen) atoms. The number of halogens is 1. The largest absolute Gasteiger partial charge is 0.495 e. The van der Waals surface area contributed by atoms with Gasteiger partial charge in [0.25, 0.3) is 0 Å². The van der Waals surface area contributed by atoms with E-state index < -0.39 is 59.3 Å². The third-order valence-electron chi connectivity index (χ3n) is 9.29. The Balaban J connectivity index is 1.72. The summed E-state index contributed by atoms with van der Waals surface area (Å²) in [6.45, 7) is 7.80. The van der Waals surface area contributed by atoms with E-state index in [9.17, 15) is 19.5 Å². The number of ether oxygens (including phenoxy) is 7. The lowest BCUT2D eigenvalue weighted by atomic mass is 9.72. The summed E-state index contributed by atoms with van der Waals surface area (Å²) in [7, 11) is 4.52. The summed E-state index contributed by atoms with van der Waals surface area (Å²) in [6, 6.07) is 3.60. The monoisotopic (exact) mass is 740 g/mol. The molecule has 4 aliphatic heterocycles. The molecular weight excluding hydrogens is 692 g/mol. The summed E-state index contributed by atoms with van der Waals surface area (Å²) in [4.78, 5) is 41.6. The number of thiol groups is 1. The molecule has 6 bridgehead atoms. The average molecular weight is 741 g/mol. The Morgan fingerprint density at radius 1 is 1.20 bits per heavy atom. The van der Waals surface area contributed by atoms with Crippen LogP contribution in [-0.4, -0.2) is 111 Å². The Morgan fingerprint density at radius 3 is 2.58 bits per heavy atom. The maximum absolute atomic E-state index is 14.0. The van der Waals surface area contributed by atoms with E-state index in [1.807, 2.05) is 13.0 Å². The number of alkyl carbamates (subject to hydrolysis) is 1. The van der Waals surface area contributed by atoms with Crippen molar-refractivity contribution in [2.24, 2.45) is 0 Å². The van der Waals surface area contributed by atoms with E-state index in [1.165, 1.54) is 19.1 Å². The van der Waals surface area contributed by atoms with Gasteiger partial charge in [0.15, 0.2) is 11.8 Å². The minimum atomic E-state index is -1.83. The van der Waals surface area contributed by atoms with E-state index in [4.69, 9.17) is 44.8 Å². The van der Waals surface area contributed by atoms with Gasteiger partial charge in [0.05, 0.1) is 39.0 Å². The molecule has 278 valence electrons. The normalized spacial score (nSPS) is 32.5. The number of fused-ring (bicyclic) bond motifs is 6. The number of rotatable bonds is 10. The second-order valence-corrected chi connectivity index (χ2v) is 14.2. The first-order valence-electron chi connectivity index (χ1n) is 16.5. The topological polar surface area (TPSA) is 151 Å². The first-order chi connectivity index (χ1) is 23.6. The molecule has 5 rings (SSSR count). The molecule has 0 radical (unpaired) electrons. The van der Waals surface area contributed by atoms with Gasteiger partial charge in [-0.2, -0.15) is 12.6 Å². The van der Waals surface area contributed by atoms with Crippen molar-refractivity contribution < 1.29 is 52.6 Å². The fourth-order valence-corrected chi connectivity index (χ4v) is 7.10. The van der Waals surface area contributed by atoms with Gasteiger partial charge in [-0.05, 0) is 51.8 Å². The number of aliphatic hydroxyl groups is 1. The average Bonchev–Trinajstić information content (AvgIpc) is 3.04. The Morgan fingerprint density at radius 2 is 1.92 bits per heavy atom. The van der Waals surface area contributed by atoms with Crippen LogP contribution in [0.1, 0.15) is 52.5 Å². The molecule has 2 fully saturated rings. The lowest BCUT2D eigenvalue weighted by Crippen LogP contribution is -2.72. The number of carbonyl (C=O) groups excluding carboxylic acids is 3. The van der Waals surface area contributed by atoms with Crippen molar-refractivity contribution in [3.05, 3.63) is 46.5 Å². The number of nitrogens with one attached hydrogen (secondary N) is 1.